The molecule has 0 heterocycles. The third kappa shape index (κ3) is 5.80. The standard InChI is InChI=1S/C15H28N2O3/c1-10-5-4-6-13(9-10)7-8-16-15(20)17-12(3)11(2)14(18)19/h10-13H,4-9H2,1-3H3,(H,18,19)(H2,16,17,20). The molecule has 0 bridgehead atoms. The van der Waals surface area contributed by atoms with E-state index in [-0.39, 0.29) is 12.1 Å². The van der Waals surface area contributed by atoms with Crippen molar-refractivity contribution in [2.24, 2.45) is 17.8 Å². The number of aliphatic carboxylic acids is 1. The molecule has 0 radical (unpaired) electrons. The Balaban J connectivity index is 2.18. The van der Waals surface area contributed by atoms with Gasteiger partial charge >= 0.3 is 12.0 Å². The maximum absolute atomic E-state index is 11.7. The fraction of sp³-hybridized carbons (Fsp3) is 0.867. The van der Waals surface area contributed by atoms with Gasteiger partial charge in [-0.1, -0.05) is 26.2 Å². The van der Waals surface area contributed by atoms with Crippen molar-refractivity contribution in [2.45, 2.75) is 58.9 Å². The van der Waals surface area contributed by atoms with Gasteiger partial charge in [-0.2, -0.15) is 0 Å². The van der Waals surface area contributed by atoms with E-state index in [4.69, 9.17) is 5.11 Å². The predicted molar refractivity (Wildman–Crippen MR) is 78.5 cm³/mol. The number of amides is 2. The summed E-state index contributed by atoms with van der Waals surface area (Å²) in [6.07, 6.45) is 6.16. The highest BCUT2D eigenvalue weighted by Gasteiger charge is 2.21. The van der Waals surface area contributed by atoms with Crippen LogP contribution in [0.5, 0.6) is 0 Å². The van der Waals surface area contributed by atoms with Crippen LogP contribution < -0.4 is 10.6 Å². The molecule has 3 N–H and O–H groups in total. The Morgan fingerprint density at radius 2 is 2.00 bits per heavy atom. The number of carboxylic acids is 1. The predicted octanol–water partition coefficient (Wildman–Crippen LogP) is 2.61. The van der Waals surface area contributed by atoms with Crippen molar-refractivity contribution in [3.63, 3.8) is 0 Å². The zero-order valence-electron chi connectivity index (χ0n) is 12.8. The Labute approximate surface area is 121 Å². The summed E-state index contributed by atoms with van der Waals surface area (Å²) in [4.78, 5) is 22.5. The molecule has 1 fully saturated rings. The van der Waals surface area contributed by atoms with E-state index >= 15 is 0 Å². The van der Waals surface area contributed by atoms with Gasteiger partial charge in [0.05, 0.1) is 5.92 Å². The summed E-state index contributed by atoms with van der Waals surface area (Å²) in [5.41, 5.74) is 0. The number of carboxylic acid groups (broad SMARTS) is 1. The molecule has 4 unspecified atom stereocenters. The smallest absolute Gasteiger partial charge is 0.315 e. The van der Waals surface area contributed by atoms with E-state index in [1.165, 1.54) is 25.7 Å². The fourth-order valence-electron chi connectivity index (χ4n) is 2.81. The second-order valence-electron chi connectivity index (χ2n) is 6.24. The molecule has 116 valence electrons. The molecule has 0 aliphatic heterocycles. The lowest BCUT2D eigenvalue weighted by Gasteiger charge is -2.26. The molecule has 4 atom stereocenters. The van der Waals surface area contributed by atoms with Gasteiger partial charge in [0.2, 0.25) is 0 Å². The van der Waals surface area contributed by atoms with Gasteiger partial charge in [0, 0.05) is 12.6 Å². The second-order valence-corrected chi connectivity index (χ2v) is 6.24. The lowest BCUT2D eigenvalue weighted by Crippen LogP contribution is -2.45. The van der Waals surface area contributed by atoms with Crippen LogP contribution in [0.4, 0.5) is 4.79 Å². The Morgan fingerprint density at radius 1 is 1.30 bits per heavy atom. The Kier molecular flexibility index (Phi) is 6.82. The number of carbonyl (C=O) groups is 2. The summed E-state index contributed by atoms with van der Waals surface area (Å²) in [6, 6.07) is -0.642. The number of urea groups is 1. The summed E-state index contributed by atoms with van der Waals surface area (Å²) in [7, 11) is 0. The average molecular weight is 284 g/mol. The molecule has 1 rings (SSSR count). The first-order valence-electron chi connectivity index (χ1n) is 7.67. The zero-order chi connectivity index (χ0) is 15.1. The first-order valence-corrected chi connectivity index (χ1v) is 7.67. The van der Waals surface area contributed by atoms with Crippen molar-refractivity contribution < 1.29 is 14.7 Å². The van der Waals surface area contributed by atoms with Crippen molar-refractivity contribution in [3.8, 4) is 0 Å². The zero-order valence-corrected chi connectivity index (χ0v) is 12.8. The van der Waals surface area contributed by atoms with Gasteiger partial charge < -0.3 is 15.7 Å². The van der Waals surface area contributed by atoms with E-state index < -0.39 is 11.9 Å². The summed E-state index contributed by atoms with van der Waals surface area (Å²) in [5, 5.41) is 14.4. The van der Waals surface area contributed by atoms with Crippen LogP contribution in [-0.2, 0) is 4.79 Å². The van der Waals surface area contributed by atoms with Crippen molar-refractivity contribution in [3.05, 3.63) is 0 Å². The van der Waals surface area contributed by atoms with Crippen molar-refractivity contribution >= 4 is 12.0 Å². The van der Waals surface area contributed by atoms with Crippen LogP contribution in [0, 0.1) is 17.8 Å². The van der Waals surface area contributed by atoms with E-state index in [1.807, 2.05) is 0 Å². The second kappa shape index (κ2) is 8.12. The summed E-state index contributed by atoms with van der Waals surface area (Å²) < 4.78 is 0. The average Bonchev–Trinajstić information content (AvgIpc) is 2.37. The third-order valence-electron chi connectivity index (χ3n) is 4.38. The van der Waals surface area contributed by atoms with Crippen molar-refractivity contribution in [1.82, 2.24) is 10.6 Å². The minimum Gasteiger partial charge on any atom is -0.481 e. The van der Waals surface area contributed by atoms with Crippen LogP contribution in [-0.4, -0.2) is 29.7 Å². The molecule has 0 aromatic rings. The highest BCUT2D eigenvalue weighted by Crippen LogP contribution is 2.30. The number of rotatable bonds is 6. The summed E-state index contributed by atoms with van der Waals surface area (Å²) in [6.45, 7) is 6.26. The van der Waals surface area contributed by atoms with Crippen molar-refractivity contribution in [2.75, 3.05) is 6.54 Å². The van der Waals surface area contributed by atoms with E-state index in [2.05, 4.69) is 17.6 Å². The molecule has 5 heteroatoms. The number of hydrogen-bond donors (Lipinski definition) is 3. The maximum atomic E-state index is 11.7. The summed E-state index contributed by atoms with van der Waals surface area (Å²) in [5.74, 6) is 0.0439. The van der Waals surface area contributed by atoms with Crippen LogP contribution in [0.25, 0.3) is 0 Å². The van der Waals surface area contributed by atoms with Gasteiger partial charge in [0.1, 0.15) is 0 Å². The molecular weight excluding hydrogens is 256 g/mol. The summed E-state index contributed by atoms with van der Waals surface area (Å²) >= 11 is 0. The van der Waals surface area contributed by atoms with E-state index in [0.717, 1.165) is 18.3 Å². The third-order valence-corrected chi connectivity index (χ3v) is 4.38. The fourth-order valence-corrected chi connectivity index (χ4v) is 2.81. The molecule has 0 spiro atoms. The first kappa shape index (κ1) is 16.8. The quantitative estimate of drug-likeness (QED) is 0.701. The minimum absolute atomic E-state index is 0.269. The van der Waals surface area contributed by atoms with Gasteiger partial charge in [-0.15, -0.1) is 0 Å². The Morgan fingerprint density at radius 3 is 2.60 bits per heavy atom. The highest BCUT2D eigenvalue weighted by atomic mass is 16.4. The molecule has 0 aromatic heterocycles. The van der Waals surface area contributed by atoms with E-state index in [1.54, 1.807) is 13.8 Å². The molecule has 1 aliphatic rings. The van der Waals surface area contributed by atoms with E-state index in [9.17, 15) is 9.59 Å². The van der Waals surface area contributed by atoms with Gasteiger partial charge in [-0.3, -0.25) is 4.79 Å². The molecular formula is C15H28N2O3. The first-order chi connectivity index (χ1) is 9.40. The SMILES string of the molecule is CC1CCCC(CCNC(=O)NC(C)C(C)C(=O)O)C1. The number of hydrogen-bond acceptors (Lipinski definition) is 2. The molecule has 5 nitrogen and oxygen atoms in total. The molecule has 0 aromatic carbocycles. The molecule has 0 saturated heterocycles. The monoisotopic (exact) mass is 284 g/mol. The van der Waals surface area contributed by atoms with Gasteiger partial charge in [0.15, 0.2) is 0 Å². The molecule has 20 heavy (non-hydrogen) atoms. The normalized spacial score (nSPS) is 25.6. The van der Waals surface area contributed by atoms with E-state index in [0.29, 0.717) is 6.54 Å². The maximum Gasteiger partial charge on any atom is 0.315 e. The van der Waals surface area contributed by atoms with Crippen LogP contribution in [0.15, 0.2) is 0 Å². The van der Waals surface area contributed by atoms with Gasteiger partial charge in [-0.25, -0.2) is 4.79 Å². The molecule has 1 aliphatic carbocycles. The largest absolute Gasteiger partial charge is 0.481 e. The molecule has 2 amide bonds. The van der Waals surface area contributed by atoms with Crippen molar-refractivity contribution in [1.29, 1.82) is 0 Å². The van der Waals surface area contributed by atoms with Crippen LogP contribution in [0.1, 0.15) is 52.9 Å². The van der Waals surface area contributed by atoms with Gasteiger partial charge in [0.25, 0.3) is 0 Å². The Hall–Kier alpha value is -1.26. The minimum atomic E-state index is -0.894. The number of carbonyl (C=O) groups excluding carboxylic acids is 1. The Bertz CT molecular complexity index is 333. The van der Waals surface area contributed by atoms with Crippen LogP contribution in [0.2, 0.25) is 0 Å². The molecule has 1 saturated carbocycles. The topological polar surface area (TPSA) is 78.4 Å². The van der Waals surface area contributed by atoms with Crippen LogP contribution >= 0.6 is 0 Å². The lowest BCUT2D eigenvalue weighted by molar-refractivity contribution is -0.141. The van der Waals surface area contributed by atoms with Crippen LogP contribution in [0.3, 0.4) is 0 Å². The lowest BCUT2D eigenvalue weighted by atomic mass is 9.81. The number of nitrogens with one attached hydrogen (secondary N) is 2. The highest BCUT2D eigenvalue weighted by molar-refractivity contribution is 5.76. The van der Waals surface area contributed by atoms with Gasteiger partial charge in [-0.05, 0) is 38.5 Å².